The first kappa shape index (κ1) is 14.7. The standard InChI is InChI=1S/C12H25IN2O/c1-4-9(2)14-11(10(3)13)12(16)15-7-5-6-8-15/h9-12,14,16H,4-8H2,1-3H3. The van der Waals surface area contributed by atoms with Crippen molar-refractivity contribution in [2.75, 3.05) is 13.1 Å². The Morgan fingerprint density at radius 3 is 2.31 bits per heavy atom. The van der Waals surface area contributed by atoms with Gasteiger partial charge in [0, 0.05) is 23.1 Å². The van der Waals surface area contributed by atoms with Crippen LogP contribution in [-0.4, -0.2) is 45.3 Å². The number of alkyl halides is 1. The first-order valence-corrected chi connectivity index (χ1v) is 7.63. The maximum Gasteiger partial charge on any atom is 0.123 e. The maximum absolute atomic E-state index is 10.4. The normalized spacial score (nSPS) is 25.3. The Morgan fingerprint density at radius 2 is 1.88 bits per heavy atom. The highest BCUT2D eigenvalue weighted by molar-refractivity contribution is 14.1. The molecule has 3 nitrogen and oxygen atoms in total. The highest BCUT2D eigenvalue weighted by atomic mass is 127. The van der Waals surface area contributed by atoms with Gasteiger partial charge in [0.25, 0.3) is 0 Å². The van der Waals surface area contributed by atoms with E-state index in [0.29, 0.717) is 9.97 Å². The number of halogens is 1. The van der Waals surface area contributed by atoms with E-state index in [1.165, 1.54) is 12.8 Å². The van der Waals surface area contributed by atoms with Crippen molar-refractivity contribution in [2.45, 2.75) is 62.3 Å². The third-order valence-corrected chi connectivity index (χ3v) is 4.19. The summed E-state index contributed by atoms with van der Waals surface area (Å²) in [5, 5.41) is 13.9. The fraction of sp³-hybridized carbons (Fsp3) is 1.00. The van der Waals surface area contributed by atoms with Crippen molar-refractivity contribution in [3.63, 3.8) is 0 Å². The van der Waals surface area contributed by atoms with E-state index in [9.17, 15) is 5.11 Å². The number of hydrogen-bond acceptors (Lipinski definition) is 3. The van der Waals surface area contributed by atoms with Gasteiger partial charge >= 0.3 is 0 Å². The summed E-state index contributed by atoms with van der Waals surface area (Å²) >= 11 is 2.41. The first-order chi connectivity index (χ1) is 7.56. The number of likely N-dealkylation sites (tertiary alicyclic amines) is 1. The lowest BCUT2D eigenvalue weighted by Crippen LogP contribution is -2.55. The van der Waals surface area contributed by atoms with Crippen LogP contribution in [0, 0.1) is 0 Å². The number of rotatable bonds is 6. The molecule has 1 aliphatic rings. The molecule has 0 saturated carbocycles. The molecule has 4 unspecified atom stereocenters. The molecule has 4 atom stereocenters. The van der Waals surface area contributed by atoms with Gasteiger partial charge in [-0.25, -0.2) is 0 Å². The average Bonchev–Trinajstić information content (AvgIpc) is 2.77. The molecule has 1 rings (SSSR count). The van der Waals surface area contributed by atoms with Crippen LogP contribution in [0.5, 0.6) is 0 Å². The minimum Gasteiger partial charge on any atom is -0.377 e. The zero-order valence-corrected chi connectivity index (χ0v) is 12.8. The van der Waals surface area contributed by atoms with E-state index in [4.69, 9.17) is 0 Å². The largest absolute Gasteiger partial charge is 0.377 e. The number of hydrogen-bond donors (Lipinski definition) is 2. The lowest BCUT2D eigenvalue weighted by atomic mass is 10.1. The number of aliphatic hydroxyl groups excluding tert-OH is 1. The molecule has 1 aliphatic heterocycles. The first-order valence-electron chi connectivity index (χ1n) is 6.38. The minimum atomic E-state index is -0.330. The molecule has 0 aromatic heterocycles. The summed E-state index contributed by atoms with van der Waals surface area (Å²) in [6, 6.07) is 0.646. The Kier molecular flexibility index (Phi) is 6.54. The van der Waals surface area contributed by atoms with Crippen molar-refractivity contribution in [3.05, 3.63) is 0 Å². The van der Waals surface area contributed by atoms with Crippen LogP contribution < -0.4 is 5.32 Å². The van der Waals surface area contributed by atoms with Crippen LogP contribution in [0.4, 0.5) is 0 Å². The monoisotopic (exact) mass is 340 g/mol. The summed E-state index contributed by atoms with van der Waals surface area (Å²) in [6.45, 7) is 8.61. The van der Waals surface area contributed by atoms with Gasteiger partial charge in [0.15, 0.2) is 0 Å². The molecule has 1 saturated heterocycles. The fourth-order valence-electron chi connectivity index (χ4n) is 2.14. The Balaban J connectivity index is 2.53. The van der Waals surface area contributed by atoms with Crippen molar-refractivity contribution in [2.24, 2.45) is 0 Å². The Labute approximate surface area is 113 Å². The van der Waals surface area contributed by atoms with E-state index in [1.807, 2.05) is 0 Å². The van der Waals surface area contributed by atoms with Crippen molar-refractivity contribution in [1.82, 2.24) is 10.2 Å². The van der Waals surface area contributed by atoms with Gasteiger partial charge in [0.2, 0.25) is 0 Å². The molecular weight excluding hydrogens is 315 g/mol. The van der Waals surface area contributed by atoms with Crippen molar-refractivity contribution in [3.8, 4) is 0 Å². The number of aliphatic hydroxyl groups is 1. The average molecular weight is 340 g/mol. The van der Waals surface area contributed by atoms with Gasteiger partial charge in [-0.15, -0.1) is 0 Å². The summed E-state index contributed by atoms with van der Waals surface area (Å²) in [5.41, 5.74) is 0. The Morgan fingerprint density at radius 1 is 1.31 bits per heavy atom. The third kappa shape index (κ3) is 4.13. The molecule has 0 radical (unpaired) electrons. The lowest BCUT2D eigenvalue weighted by Gasteiger charge is -2.34. The fourth-order valence-corrected chi connectivity index (χ4v) is 2.71. The van der Waals surface area contributed by atoms with Gasteiger partial charge in [-0.2, -0.15) is 0 Å². The van der Waals surface area contributed by atoms with Gasteiger partial charge in [-0.3, -0.25) is 4.90 Å². The predicted molar refractivity (Wildman–Crippen MR) is 77.0 cm³/mol. The molecule has 0 bridgehead atoms. The molecule has 0 amide bonds. The zero-order chi connectivity index (χ0) is 12.1. The highest BCUT2D eigenvalue weighted by Crippen LogP contribution is 2.18. The van der Waals surface area contributed by atoms with E-state index in [1.54, 1.807) is 0 Å². The smallest absolute Gasteiger partial charge is 0.123 e. The van der Waals surface area contributed by atoms with E-state index < -0.39 is 0 Å². The second kappa shape index (κ2) is 7.13. The van der Waals surface area contributed by atoms with Crippen LogP contribution in [0.1, 0.15) is 40.0 Å². The molecule has 0 aliphatic carbocycles. The quantitative estimate of drug-likeness (QED) is 0.573. The van der Waals surface area contributed by atoms with Crippen LogP contribution in [0.15, 0.2) is 0 Å². The topological polar surface area (TPSA) is 35.5 Å². The Hall–Kier alpha value is 0.610. The minimum absolute atomic E-state index is 0.175. The van der Waals surface area contributed by atoms with Crippen molar-refractivity contribution in [1.29, 1.82) is 0 Å². The molecule has 1 fully saturated rings. The highest BCUT2D eigenvalue weighted by Gasteiger charge is 2.30. The molecular formula is C12H25IN2O. The molecule has 2 N–H and O–H groups in total. The molecule has 1 heterocycles. The summed E-state index contributed by atoms with van der Waals surface area (Å²) in [5.74, 6) is 0. The van der Waals surface area contributed by atoms with Crippen LogP contribution in [0.25, 0.3) is 0 Å². The Bertz CT molecular complexity index is 195. The molecule has 96 valence electrons. The molecule has 16 heavy (non-hydrogen) atoms. The van der Waals surface area contributed by atoms with E-state index in [-0.39, 0.29) is 12.3 Å². The van der Waals surface area contributed by atoms with Crippen LogP contribution >= 0.6 is 22.6 Å². The van der Waals surface area contributed by atoms with Crippen LogP contribution in [0.2, 0.25) is 0 Å². The van der Waals surface area contributed by atoms with Gasteiger partial charge in [-0.05, 0) is 26.2 Å². The van der Waals surface area contributed by atoms with E-state index in [2.05, 4.69) is 53.6 Å². The van der Waals surface area contributed by atoms with Crippen molar-refractivity contribution < 1.29 is 5.11 Å². The maximum atomic E-state index is 10.4. The van der Waals surface area contributed by atoms with E-state index >= 15 is 0 Å². The van der Waals surface area contributed by atoms with Gasteiger partial charge in [-0.1, -0.05) is 36.4 Å². The molecule has 4 heteroatoms. The summed E-state index contributed by atoms with van der Waals surface area (Å²) in [4.78, 5) is 2.20. The van der Waals surface area contributed by atoms with Gasteiger partial charge < -0.3 is 10.4 Å². The lowest BCUT2D eigenvalue weighted by molar-refractivity contribution is -0.0109. The van der Waals surface area contributed by atoms with Crippen LogP contribution in [0.3, 0.4) is 0 Å². The molecule has 0 aromatic rings. The second-order valence-electron chi connectivity index (χ2n) is 4.84. The third-order valence-electron chi connectivity index (χ3n) is 3.42. The second-order valence-corrected chi connectivity index (χ2v) is 6.80. The predicted octanol–water partition coefficient (Wildman–Crippen LogP) is 1.98. The van der Waals surface area contributed by atoms with Gasteiger partial charge in [0.05, 0.1) is 6.04 Å². The summed E-state index contributed by atoms with van der Waals surface area (Å²) in [6.07, 6.45) is 3.22. The van der Waals surface area contributed by atoms with Crippen molar-refractivity contribution >= 4 is 22.6 Å². The number of nitrogens with zero attached hydrogens (tertiary/aromatic N) is 1. The van der Waals surface area contributed by atoms with Gasteiger partial charge in [0.1, 0.15) is 6.23 Å². The molecule has 0 spiro atoms. The zero-order valence-electron chi connectivity index (χ0n) is 10.6. The summed E-state index contributed by atoms with van der Waals surface area (Å²) in [7, 11) is 0. The SMILES string of the molecule is CCC(C)NC(C(C)I)C(O)N1CCCC1. The van der Waals surface area contributed by atoms with E-state index in [0.717, 1.165) is 19.5 Å². The summed E-state index contributed by atoms with van der Waals surface area (Å²) < 4.78 is 0.433. The van der Waals surface area contributed by atoms with Crippen LogP contribution in [-0.2, 0) is 0 Å². The number of nitrogens with one attached hydrogen (secondary N) is 1. The molecule has 0 aromatic carbocycles.